The number of carbonyl (C=O) groups is 2. The zero-order valence-electron chi connectivity index (χ0n) is 12.2. The first-order valence-electron chi connectivity index (χ1n) is 7.63. The van der Waals surface area contributed by atoms with Crippen LogP contribution in [0.2, 0.25) is 0 Å². The van der Waals surface area contributed by atoms with Crippen molar-refractivity contribution in [2.45, 2.75) is 33.1 Å². The summed E-state index contributed by atoms with van der Waals surface area (Å²) in [5.74, 6) is 0.889. The van der Waals surface area contributed by atoms with E-state index in [0.717, 1.165) is 40.5 Å². The van der Waals surface area contributed by atoms with Gasteiger partial charge in [0, 0.05) is 4.47 Å². The second kappa shape index (κ2) is 4.42. The van der Waals surface area contributed by atoms with Gasteiger partial charge in [0.1, 0.15) is 0 Å². The minimum Gasteiger partial charge on any atom is -0.274 e. The Bertz CT molecular complexity index is 641. The maximum atomic E-state index is 12.8. The molecule has 2 saturated carbocycles. The number of hydrogen-bond donors (Lipinski definition) is 0. The molecular weight excluding hydrogens is 330 g/mol. The van der Waals surface area contributed by atoms with Crippen LogP contribution in [0.5, 0.6) is 0 Å². The van der Waals surface area contributed by atoms with E-state index >= 15 is 0 Å². The normalized spacial score (nSPS) is 34.0. The molecular formula is C17H18BrNO2. The standard InChI is InChI=1S/C17H18BrNO2/c1-8-6-13(9(2)5-12(8)18)19-16(20)14-10-3-4-11(7-10)15(14)17(19)21/h5-6,10-11,14-15H,3-4,7H2,1-2H3/t10-,11-,14+,15+/m1/s1. The van der Waals surface area contributed by atoms with Gasteiger partial charge in [0.05, 0.1) is 17.5 Å². The minimum absolute atomic E-state index is 0.0420. The predicted octanol–water partition coefficient (Wildman–Crippen LogP) is 3.60. The summed E-state index contributed by atoms with van der Waals surface area (Å²) in [5, 5.41) is 0. The van der Waals surface area contributed by atoms with E-state index in [2.05, 4.69) is 15.9 Å². The Hall–Kier alpha value is -1.16. The minimum atomic E-state index is -0.0420. The highest BCUT2D eigenvalue weighted by molar-refractivity contribution is 9.10. The number of nitrogens with zero attached hydrogens (tertiary/aromatic N) is 1. The number of hydrogen-bond acceptors (Lipinski definition) is 2. The lowest BCUT2D eigenvalue weighted by Gasteiger charge is -2.20. The molecule has 2 aliphatic carbocycles. The van der Waals surface area contributed by atoms with Crippen molar-refractivity contribution >= 4 is 33.4 Å². The van der Waals surface area contributed by atoms with Crippen molar-refractivity contribution < 1.29 is 9.59 Å². The summed E-state index contributed by atoms with van der Waals surface area (Å²) in [6, 6.07) is 3.95. The lowest BCUT2D eigenvalue weighted by atomic mass is 9.81. The zero-order chi connectivity index (χ0) is 14.9. The third-order valence-electron chi connectivity index (χ3n) is 5.65. The molecule has 1 heterocycles. The lowest BCUT2D eigenvalue weighted by Crippen LogP contribution is -2.33. The van der Waals surface area contributed by atoms with E-state index in [1.807, 2.05) is 26.0 Å². The van der Waals surface area contributed by atoms with E-state index in [-0.39, 0.29) is 23.7 Å². The molecule has 2 amide bonds. The predicted molar refractivity (Wildman–Crippen MR) is 83.9 cm³/mol. The van der Waals surface area contributed by atoms with Crippen LogP contribution in [0, 0.1) is 37.5 Å². The fourth-order valence-electron chi connectivity index (χ4n) is 4.65. The van der Waals surface area contributed by atoms with E-state index in [1.54, 1.807) is 0 Å². The van der Waals surface area contributed by atoms with Crippen molar-refractivity contribution in [3.8, 4) is 0 Å². The summed E-state index contributed by atoms with van der Waals surface area (Å²) in [5.41, 5.74) is 2.80. The first kappa shape index (κ1) is 13.5. The van der Waals surface area contributed by atoms with Crippen LogP contribution >= 0.6 is 15.9 Å². The summed E-state index contributed by atoms with van der Waals surface area (Å²) in [4.78, 5) is 27.1. The van der Waals surface area contributed by atoms with Crippen LogP contribution in [0.4, 0.5) is 5.69 Å². The van der Waals surface area contributed by atoms with Gasteiger partial charge in [-0.15, -0.1) is 0 Å². The number of benzene rings is 1. The van der Waals surface area contributed by atoms with Crippen molar-refractivity contribution in [3.05, 3.63) is 27.7 Å². The third-order valence-corrected chi connectivity index (χ3v) is 6.50. The van der Waals surface area contributed by atoms with Crippen molar-refractivity contribution in [1.29, 1.82) is 0 Å². The Kier molecular flexibility index (Phi) is 2.84. The molecule has 3 nitrogen and oxygen atoms in total. The Morgan fingerprint density at radius 2 is 1.57 bits per heavy atom. The fraction of sp³-hybridized carbons (Fsp3) is 0.529. The van der Waals surface area contributed by atoms with Crippen LogP contribution in [0.25, 0.3) is 0 Å². The lowest BCUT2D eigenvalue weighted by molar-refractivity contribution is -0.123. The number of rotatable bonds is 1. The highest BCUT2D eigenvalue weighted by Gasteiger charge is 2.61. The van der Waals surface area contributed by atoms with Gasteiger partial charge in [-0.25, -0.2) is 4.90 Å². The van der Waals surface area contributed by atoms with Gasteiger partial charge in [-0.3, -0.25) is 9.59 Å². The van der Waals surface area contributed by atoms with Crippen LogP contribution in [0.3, 0.4) is 0 Å². The fourth-order valence-corrected chi connectivity index (χ4v) is 5.11. The summed E-state index contributed by atoms with van der Waals surface area (Å²) >= 11 is 3.51. The van der Waals surface area contributed by atoms with Gasteiger partial charge in [-0.2, -0.15) is 0 Å². The first-order valence-corrected chi connectivity index (χ1v) is 8.43. The zero-order valence-corrected chi connectivity index (χ0v) is 13.8. The number of amides is 2. The molecule has 1 saturated heterocycles. The third kappa shape index (κ3) is 1.71. The molecule has 4 atom stereocenters. The second-order valence-corrected chi connectivity index (χ2v) is 7.64. The van der Waals surface area contributed by atoms with Crippen molar-refractivity contribution in [2.75, 3.05) is 4.90 Å². The van der Waals surface area contributed by atoms with E-state index in [9.17, 15) is 9.59 Å². The van der Waals surface area contributed by atoms with Crippen LogP contribution in [-0.4, -0.2) is 11.8 Å². The molecule has 110 valence electrons. The van der Waals surface area contributed by atoms with Gasteiger partial charge in [0.2, 0.25) is 11.8 Å². The molecule has 0 unspecified atom stereocenters. The van der Waals surface area contributed by atoms with Crippen LogP contribution in [0.1, 0.15) is 30.4 Å². The summed E-state index contributed by atoms with van der Waals surface area (Å²) in [6.45, 7) is 3.95. The molecule has 4 rings (SSSR count). The quantitative estimate of drug-likeness (QED) is 0.728. The van der Waals surface area contributed by atoms with Crippen LogP contribution in [-0.2, 0) is 9.59 Å². The van der Waals surface area contributed by atoms with E-state index in [0.29, 0.717) is 11.8 Å². The number of halogens is 1. The second-order valence-electron chi connectivity index (χ2n) is 6.78. The molecule has 2 bridgehead atoms. The van der Waals surface area contributed by atoms with Crippen molar-refractivity contribution in [2.24, 2.45) is 23.7 Å². The maximum Gasteiger partial charge on any atom is 0.237 e. The van der Waals surface area contributed by atoms with E-state index in [4.69, 9.17) is 0 Å². The first-order chi connectivity index (χ1) is 9.99. The van der Waals surface area contributed by atoms with Gasteiger partial charge >= 0.3 is 0 Å². The monoisotopic (exact) mass is 347 g/mol. The van der Waals surface area contributed by atoms with Crippen LogP contribution < -0.4 is 4.90 Å². The van der Waals surface area contributed by atoms with Crippen molar-refractivity contribution in [1.82, 2.24) is 0 Å². The molecule has 0 aromatic heterocycles. The Morgan fingerprint density at radius 1 is 1.00 bits per heavy atom. The smallest absolute Gasteiger partial charge is 0.237 e. The molecule has 0 radical (unpaired) electrons. The van der Waals surface area contributed by atoms with Crippen molar-refractivity contribution in [3.63, 3.8) is 0 Å². The molecule has 21 heavy (non-hydrogen) atoms. The highest BCUT2D eigenvalue weighted by atomic mass is 79.9. The Morgan fingerprint density at radius 3 is 2.14 bits per heavy atom. The number of fused-ring (bicyclic) bond motifs is 5. The van der Waals surface area contributed by atoms with Gasteiger partial charge < -0.3 is 0 Å². The SMILES string of the molecule is Cc1cc(N2C(=O)[C@H]3[C@@H]4CC[C@H](C4)[C@@H]3C2=O)c(C)cc1Br. The van der Waals surface area contributed by atoms with E-state index < -0.39 is 0 Å². The molecule has 0 spiro atoms. The summed E-state index contributed by atoms with van der Waals surface area (Å²) in [7, 11) is 0. The van der Waals surface area contributed by atoms with Gasteiger partial charge in [0.25, 0.3) is 0 Å². The topological polar surface area (TPSA) is 37.4 Å². The summed E-state index contributed by atoms with van der Waals surface area (Å²) < 4.78 is 1.02. The van der Waals surface area contributed by atoms with E-state index in [1.165, 1.54) is 4.90 Å². The average molecular weight is 348 g/mol. The number of aryl methyl sites for hydroxylation is 2. The number of imide groups is 1. The molecule has 1 aromatic rings. The molecule has 1 aromatic carbocycles. The maximum absolute atomic E-state index is 12.8. The molecule has 4 heteroatoms. The van der Waals surface area contributed by atoms with Gasteiger partial charge in [-0.1, -0.05) is 15.9 Å². The largest absolute Gasteiger partial charge is 0.274 e. The summed E-state index contributed by atoms with van der Waals surface area (Å²) in [6.07, 6.45) is 3.33. The highest BCUT2D eigenvalue weighted by Crippen LogP contribution is 2.56. The molecule has 0 N–H and O–H groups in total. The number of carbonyl (C=O) groups excluding carboxylic acids is 2. The molecule has 3 aliphatic rings. The average Bonchev–Trinajstić information content (AvgIpc) is 3.09. The Labute approximate surface area is 132 Å². The number of anilines is 1. The van der Waals surface area contributed by atoms with Gasteiger partial charge in [0.15, 0.2) is 0 Å². The molecule has 1 aliphatic heterocycles. The molecule has 3 fully saturated rings. The van der Waals surface area contributed by atoms with Gasteiger partial charge in [-0.05, 0) is 68.2 Å². The van der Waals surface area contributed by atoms with Crippen LogP contribution in [0.15, 0.2) is 16.6 Å². The Balaban J connectivity index is 1.79.